The number of carboxylic acid groups (broad SMARTS) is 2. The van der Waals surface area contributed by atoms with E-state index >= 15 is 0 Å². The van der Waals surface area contributed by atoms with Crippen molar-refractivity contribution < 1.29 is 33.7 Å². The summed E-state index contributed by atoms with van der Waals surface area (Å²) in [5, 5.41) is 18.3. The summed E-state index contributed by atoms with van der Waals surface area (Å²) in [7, 11) is 0. The zero-order valence-electron chi connectivity index (χ0n) is 12.0. The highest BCUT2D eigenvalue weighted by Gasteiger charge is 2.26. The first-order chi connectivity index (χ1) is 11.0. The Morgan fingerprint density at radius 1 is 1.04 bits per heavy atom. The lowest BCUT2D eigenvalue weighted by atomic mass is 9.97. The van der Waals surface area contributed by atoms with Crippen LogP contribution < -0.4 is 9.47 Å². The molecule has 0 bridgehead atoms. The Balaban J connectivity index is 1.84. The molecule has 1 aliphatic rings. The van der Waals surface area contributed by atoms with Crippen LogP contribution in [0, 0.1) is 0 Å². The minimum absolute atomic E-state index is 0.102. The van der Waals surface area contributed by atoms with Gasteiger partial charge in [-0.15, -0.1) is 0 Å². The molecule has 0 amide bonds. The molecule has 2 aromatic rings. The molecule has 1 aromatic carbocycles. The fourth-order valence-electron chi connectivity index (χ4n) is 2.42. The Bertz CT molecular complexity index is 747. The fourth-order valence-corrected chi connectivity index (χ4v) is 2.42. The number of aromatic carboxylic acids is 1. The molecule has 0 fully saturated rings. The summed E-state index contributed by atoms with van der Waals surface area (Å²) in [6.07, 6.45) is 0.151. The van der Waals surface area contributed by atoms with Crippen LogP contribution in [0.25, 0.3) is 0 Å². The number of hydrogen-bond acceptors (Lipinski definition) is 5. The van der Waals surface area contributed by atoms with E-state index in [-0.39, 0.29) is 17.9 Å². The third-order valence-corrected chi connectivity index (χ3v) is 3.53. The van der Waals surface area contributed by atoms with Crippen molar-refractivity contribution >= 4 is 11.9 Å². The van der Waals surface area contributed by atoms with Gasteiger partial charge in [-0.25, -0.2) is 4.79 Å². The van der Waals surface area contributed by atoms with Crippen molar-refractivity contribution in [3.63, 3.8) is 0 Å². The Labute approximate surface area is 131 Å². The third-order valence-electron chi connectivity index (χ3n) is 3.53. The number of benzene rings is 1. The molecule has 0 saturated carbocycles. The van der Waals surface area contributed by atoms with E-state index in [0.29, 0.717) is 24.7 Å². The average Bonchev–Trinajstić information content (AvgIpc) is 3.02. The molecule has 1 atom stereocenters. The number of hydrogen-bond donors (Lipinski definition) is 2. The van der Waals surface area contributed by atoms with Gasteiger partial charge in [0.1, 0.15) is 24.9 Å². The summed E-state index contributed by atoms with van der Waals surface area (Å²) in [6, 6.07) is 7.83. The number of fused-ring (bicyclic) bond motifs is 1. The summed E-state index contributed by atoms with van der Waals surface area (Å²) < 4.78 is 16.0. The molecule has 7 heteroatoms. The fraction of sp³-hybridized carbons (Fsp3) is 0.250. The Morgan fingerprint density at radius 3 is 2.43 bits per heavy atom. The van der Waals surface area contributed by atoms with Gasteiger partial charge in [-0.05, 0) is 36.2 Å². The van der Waals surface area contributed by atoms with E-state index in [2.05, 4.69) is 0 Å². The van der Waals surface area contributed by atoms with Crippen LogP contribution in [0.2, 0.25) is 0 Å². The first kappa shape index (κ1) is 15.0. The number of furan rings is 1. The van der Waals surface area contributed by atoms with Crippen LogP contribution in [0.4, 0.5) is 0 Å². The first-order valence-electron chi connectivity index (χ1n) is 6.99. The molecule has 120 valence electrons. The number of aliphatic carboxylic acids is 1. The molecule has 23 heavy (non-hydrogen) atoms. The second kappa shape index (κ2) is 6.04. The molecule has 2 heterocycles. The molecule has 0 radical (unpaired) electrons. The number of carboxylic acids is 2. The van der Waals surface area contributed by atoms with Crippen molar-refractivity contribution in [3.8, 4) is 11.5 Å². The molecule has 0 spiro atoms. The SMILES string of the molecule is O=C(O)c1ccc(C(Cc2ccc3c(c2)OCCO3)C(=O)O)o1. The number of rotatable bonds is 5. The highest BCUT2D eigenvalue weighted by molar-refractivity contribution is 5.84. The van der Waals surface area contributed by atoms with E-state index in [1.807, 2.05) is 0 Å². The van der Waals surface area contributed by atoms with Crippen LogP contribution in [-0.2, 0) is 11.2 Å². The lowest BCUT2D eigenvalue weighted by molar-refractivity contribution is -0.139. The Kier molecular flexibility index (Phi) is 3.92. The summed E-state index contributed by atoms with van der Waals surface area (Å²) in [6.45, 7) is 0.924. The molecule has 3 rings (SSSR count). The van der Waals surface area contributed by atoms with E-state index < -0.39 is 17.9 Å². The minimum Gasteiger partial charge on any atom is -0.486 e. The van der Waals surface area contributed by atoms with Gasteiger partial charge >= 0.3 is 11.9 Å². The summed E-state index contributed by atoms with van der Waals surface area (Å²) in [5.41, 5.74) is 0.731. The maximum absolute atomic E-state index is 11.5. The van der Waals surface area contributed by atoms with Crippen LogP contribution in [0.15, 0.2) is 34.7 Å². The van der Waals surface area contributed by atoms with Crippen molar-refractivity contribution in [2.75, 3.05) is 13.2 Å². The van der Waals surface area contributed by atoms with Crippen LogP contribution in [-0.4, -0.2) is 35.4 Å². The summed E-state index contributed by atoms with van der Waals surface area (Å²) in [4.78, 5) is 22.4. The molecular weight excluding hydrogens is 304 g/mol. The van der Waals surface area contributed by atoms with E-state index in [4.69, 9.17) is 19.0 Å². The monoisotopic (exact) mass is 318 g/mol. The largest absolute Gasteiger partial charge is 0.486 e. The predicted octanol–water partition coefficient (Wildman–Crippen LogP) is 2.16. The number of ether oxygens (including phenoxy) is 2. The molecule has 1 aliphatic heterocycles. The third kappa shape index (κ3) is 3.13. The Hall–Kier alpha value is -2.96. The van der Waals surface area contributed by atoms with Crippen molar-refractivity contribution in [2.24, 2.45) is 0 Å². The maximum Gasteiger partial charge on any atom is 0.371 e. The molecule has 0 saturated heterocycles. The molecule has 2 N–H and O–H groups in total. The average molecular weight is 318 g/mol. The Morgan fingerprint density at radius 2 is 1.78 bits per heavy atom. The van der Waals surface area contributed by atoms with Crippen LogP contribution >= 0.6 is 0 Å². The molecule has 1 aromatic heterocycles. The zero-order valence-corrected chi connectivity index (χ0v) is 12.0. The summed E-state index contributed by atoms with van der Waals surface area (Å²) >= 11 is 0. The quantitative estimate of drug-likeness (QED) is 0.870. The van der Waals surface area contributed by atoms with Gasteiger partial charge < -0.3 is 24.1 Å². The van der Waals surface area contributed by atoms with E-state index in [9.17, 15) is 14.7 Å². The van der Waals surface area contributed by atoms with Gasteiger partial charge in [0, 0.05) is 0 Å². The smallest absolute Gasteiger partial charge is 0.371 e. The van der Waals surface area contributed by atoms with Gasteiger partial charge in [-0.1, -0.05) is 6.07 Å². The maximum atomic E-state index is 11.5. The standard InChI is InChI=1S/C16H14O7/c17-15(18)10(11-3-4-13(23-11)16(19)20)7-9-1-2-12-14(8-9)22-6-5-21-12/h1-4,8,10H,5-7H2,(H,17,18)(H,19,20). The highest BCUT2D eigenvalue weighted by atomic mass is 16.6. The zero-order chi connectivity index (χ0) is 16.4. The molecule has 0 aliphatic carbocycles. The van der Waals surface area contributed by atoms with Crippen molar-refractivity contribution in [1.29, 1.82) is 0 Å². The van der Waals surface area contributed by atoms with Gasteiger partial charge in [-0.2, -0.15) is 0 Å². The normalized spacial score (nSPS) is 14.3. The summed E-state index contributed by atoms with van der Waals surface area (Å²) in [5.74, 6) is -2.30. The second-order valence-corrected chi connectivity index (χ2v) is 5.08. The topological polar surface area (TPSA) is 106 Å². The van der Waals surface area contributed by atoms with Gasteiger partial charge in [0.2, 0.25) is 5.76 Å². The van der Waals surface area contributed by atoms with Gasteiger partial charge in [0.05, 0.1) is 0 Å². The lowest BCUT2D eigenvalue weighted by Gasteiger charge is -2.19. The van der Waals surface area contributed by atoms with Crippen LogP contribution in [0.3, 0.4) is 0 Å². The number of carbonyl (C=O) groups is 2. The molecule has 7 nitrogen and oxygen atoms in total. The predicted molar refractivity (Wildman–Crippen MR) is 77.2 cm³/mol. The highest BCUT2D eigenvalue weighted by Crippen LogP contribution is 2.33. The van der Waals surface area contributed by atoms with Crippen molar-refractivity contribution in [3.05, 3.63) is 47.4 Å². The van der Waals surface area contributed by atoms with Gasteiger partial charge in [0.15, 0.2) is 11.5 Å². The van der Waals surface area contributed by atoms with Crippen molar-refractivity contribution in [1.82, 2.24) is 0 Å². The van der Waals surface area contributed by atoms with E-state index in [0.717, 1.165) is 5.56 Å². The molecule has 1 unspecified atom stereocenters. The second-order valence-electron chi connectivity index (χ2n) is 5.08. The van der Waals surface area contributed by atoms with Crippen molar-refractivity contribution in [2.45, 2.75) is 12.3 Å². The lowest BCUT2D eigenvalue weighted by Crippen LogP contribution is -2.16. The van der Waals surface area contributed by atoms with Crippen LogP contribution in [0.5, 0.6) is 11.5 Å². The first-order valence-corrected chi connectivity index (χ1v) is 6.99. The molecular formula is C16H14O7. The van der Waals surface area contributed by atoms with Gasteiger partial charge in [0.25, 0.3) is 0 Å². The van der Waals surface area contributed by atoms with E-state index in [1.165, 1.54) is 12.1 Å². The van der Waals surface area contributed by atoms with Crippen LogP contribution in [0.1, 0.15) is 27.8 Å². The van der Waals surface area contributed by atoms with E-state index in [1.54, 1.807) is 18.2 Å². The minimum atomic E-state index is -1.24. The van der Waals surface area contributed by atoms with Gasteiger partial charge in [-0.3, -0.25) is 4.79 Å².